The van der Waals surface area contributed by atoms with Crippen LogP contribution in [-0.4, -0.2) is 53.5 Å². The molecule has 9 heteroatoms. The Hall–Kier alpha value is -3.25. The molecule has 0 aliphatic carbocycles. The van der Waals surface area contributed by atoms with E-state index in [4.69, 9.17) is 4.74 Å². The van der Waals surface area contributed by atoms with Crippen LogP contribution >= 0.6 is 0 Å². The van der Waals surface area contributed by atoms with Crippen LogP contribution in [0.3, 0.4) is 0 Å². The number of aryl methyl sites for hydroxylation is 1. The summed E-state index contributed by atoms with van der Waals surface area (Å²) < 4.78 is 7.29. The molecule has 2 N–H and O–H groups in total. The molecule has 0 bridgehead atoms. The van der Waals surface area contributed by atoms with Crippen LogP contribution < -0.4 is 19.5 Å². The molecule has 31 heavy (non-hydrogen) atoms. The minimum atomic E-state index is 0.625. The smallest absolute Gasteiger partial charge is 0.293 e. The summed E-state index contributed by atoms with van der Waals surface area (Å²) in [6, 6.07) is 10.2. The molecule has 1 fully saturated rings. The van der Waals surface area contributed by atoms with E-state index in [9.17, 15) is 5.26 Å². The van der Waals surface area contributed by atoms with E-state index in [1.54, 1.807) is 7.11 Å². The zero-order valence-electron chi connectivity index (χ0n) is 18.4. The Morgan fingerprint density at radius 3 is 2.77 bits per heavy atom. The van der Waals surface area contributed by atoms with Crippen molar-refractivity contribution in [1.29, 1.82) is 5.26 Å². The minimum Gasteiger partial charge on any atom is -0.497 e. The van der Waals surface area contributed by atoms with E-state index in [-0.39, 0.29) is 0 Å². The van der Waals surface area contributed by atoms with Crippen LogP contribution in [0.25, 0.3) is 10.9 Å². The van der Waals surface area contributed by atoms with Gasteiger partial charge in [-0.1, -0.05) is 13.8 Å². The fraction of sp³-hybridized carbons (Fsp3) is 0.500. The van der Waals surface area contributed by atoms with E-state index in [1.165, 1.54) is 4.90 Å². The Morgan fingerprint density at radius 1 is 1.26 bits per heavy atom. The van der Waals surface area contributed by atoms with Crippen LogP contribution in [-0.2, 0) is 13.1 Å². The van der Waals surface area contributed by atoms with Crippen LogP contribution in [0.1, 0.15) is 31.7 Å². The molecule has 0 unspecified atom stereocenters. The number of pyridine rings is 1. The van der Waals surface area contributed by atoms with Crippen molar-refractivity contribution in [3.05, 3.63) is 35.7 Å². The van der Waals surface area contributed by atoms with Crippen LogP contribution in [0.2, 0.25) is 0 Å². The number of H-pyrrole nitrogens is 1. The SMILES string of the molecule is COc1ccc2cc(C#N)c(N3CC[NH+](Cc4nnnn4CCC(C)C)CC3)[nH+]c2c1. The Labute approximate surface area is 182 Å². The van der Waals surface area contributed by atoms with Gasteiger partial charge < -0.3 is 9.64 Å². The topological polar surface area (TPSA) is 98.4 Å². The van der Waals surface area contributed by atoms with Crippen molar-refractivity contribution in [2.75, 3.05) is 38.2 Å². The van der Waals surface area contributed by atoms with E-state index in [1.807, 2.05) is 28.9 Å². The highest BCUT2D eigenvalue weighted by Crippen LogP contribution is 2.23. The van der Waals surface area contributed by atoms with Crippen LogP contribution in [0.5, 0.6) is 5.75 Å². The largest absolute Gasteiger partial charge is 0.497 e. The molecule has 3 aromatic rings. The number of ether oxygens (including phenoxy) is 1. The Bertz CT molecular complexity index is 1080. The van der Waals surface area contributed by atoms with Crippen molar-refractivity contribution in [2.24, 2.45) is 5.92 Å². The van der Waals surface area contributed by atoms with E-state index >= 15 is 0 Å². The predicted molar refractivity (Wildman–Crippen MR) is 116 cm³/mol. The number of tetrazole rings is 1. The molecule has 4 rings (SSSR count). The van der Waals surface area contributed by atoms with Crippen molar-refractivity contribution in [3.63, 3.8) is 0 Å². The standard InChI is InChI=1S/C22H28N8O/c1-16(2)6-7-30-21(25-26-27-30)15-28-8-10-29(11-9-28)22-18(14-23)12-17-4-5-19(31-3)13-20(17)24-22/h4-5,12-13,16H,6-11,15H2,1-3H3/p+2. The number of hydrogen-bond donors (Lipinski definition) is 1. The number of aromatic amines is 1. The number of nitriles is 1. The summed E-state index contributed by atoms with van der Waals surface area (Å²) in [7, 11) is 1.66. The van der Waals surface area contributed by atoms with Gasteiger partial charge in [-0.05, 0) is 41.0 Å². The number of rotatable bonds is 7. The summed E-state index contributed by atoms with van der Waals surface area (Å²) in [5.41, 5.74) is 1.63. The highest BCUT2D eigenvalue weighted by atomic mass is 16.5. The van der Waals surface area contributed by atoms with Crippen molar-refractivity contribution in [2.45, 2.75) is 33.4 Å². The van der Waals surface area contributed by atoms with E-state index in [0.29, 0.717) is 11.5 Å². The number of hydrogen-bond acceptors (Lipinski definition) is 6. The first kappa shape index (κ1) is 21.0. The second kappa shape index (κ2) is 9.27. The Morgan fingerprint density at radius 2 is 2.06 bits per heavy atom. The van der Waals surface area contributed by atoms with Gasteiger partial charge in [-0.25, -0.2) is 14.6 Å². The molecule has 162 valence electrons. The van der Waals surface area contributed by atoms with Gasteiger partial charge in [0, 0.05) is 18.0 Å². The van der Waals surface area contributed by atoms with Gasteiger partial charge in [0.15, 0.2) is 0 Å². The number of benzene rings is 1. The average molecular weight is 423 g/mol. The van der Waals surface area contributed by atoms with Crippen molar-refractivity contribution in [3.8, 4) is 11.8 Å². The molecule has 0 atom stereocenters. The molecule has 0 saturated carbocycles. The van der Waals surface area contributed by atoms with Gasteiger partial charge >= 0.3 is 0 Å². The van der Waals surface area contributed by atoms with Crippen LogP contribution in [0.15, 0.2) is 24.3 Å². The molecular formula is C22H30N8O+2. The summed E-state index contributed by atoms with van der Waals surface area (Å²) in [5, 5.41) is 23.0. The van der Waals surface area contributed by atoms with Crippen molar-refractivity contribution >= 4 is 16.7 Å². The second-order valence-electron chi connectivity index (χ2n) is 8.51. The molecule has 1 aromatic carbocycles. The van der Waals surface area contributed by atoms with Gasteiger partial charge in [-0.2, -0.15) is 5.26 Å². The molecular weight excluding hydrogens is 392 g/mol. The first-order valence-corrected chi connectivity index (χ1v) is 10.8. The number of nitrogens with zero attached hydrogens (tertiary/aromatic N) is 6. The molecule has 9 nitrogen and oxygen atoms in total. The summed E-state index contributed by atoms with van der Waals surface area (Å²) in [4.78, 5) is 7.19. The van der Waals surface area contributed by atoms with Crippen LogP contribution in [0, 0.1) is 17.2 Å². The number of aromatic nitrogens is 5. The third-order valence-corrected chi connectivity index (χ3v) is 5.91. The lowest BCUT2D eigenvalue weighted by molar-refractivity contribution is -0.915. The van der Waals surface area contributed by atoms with E-state index in [2.05, 4.69) is 45.3 Å². The molecule has 0 radical (unpaired) electrons. The van der Waals surface area contributed by atoms with Gasteiger partial charge in [-0.3, -0.25) is 0 Å². The third-order valence-electron chi connectivity index (χ3n) is 5.91. The van der Waals surface area contributed by atoms with Gasteiger partial charge in [0.1, 0.15) is 55.6 Å². The molecule has 1 aliphatic rings. The van der Waals surface area contributed by atoms with Gasteiger partial charge in [0.25, 0.3) is 5.82 Å². The van der Waals surface area contributed by atoms with Crippen molar-refractivity contribution < 1.29 is 14.6 Å². The summed E-state index contributed by atoms with van der Waals surface area (Å²) in [6.07, 6.45) is 1.07. The number of anilines is 1. The first-order valence-electron chi connectivity index (χ1n) is 10.8. The molecule has 2 aromatic heterocycles. The maximum absolute atomic E-state index is 9.70. The van der Waals surface area contributed by atoms with Gasteiger partial charge in [-0.15, -0.1) is 5.10 Å². The zero-order chi connectivity index (χ0) is 21.8. The molecule has 0 amide bonds. The van der Waals surface area contributed by atoms with Crippen LogP contribution in [0.4, 0.5) is 5.82 Å². The molecule has 3 heterocycles. The fourth-order valence-electron chi connectivity index (χ4n) is 4.00. The van der Waals surface area contributed by atoms with E-state index < -0.39 is 0 Å². The number of piperazine rings is 1. The molecule has 1 aliphatic heterocycles. The Kier molecular flexibility index (Phi) is 6.28. The quantitative estimate of drug-likeness (QED) is 0.594. The lowest BCUT2D eigenvalue weighted by atomic mass is 10.1. The highest BCUT2D eigenvalue weighted by Gasteiger charge is 2.30. The number of fused-ring (bicyclic) bond motifs is 1. The minimum absolute atomic E-state index is 0.625. The second-order valence-corrected chi connectivity index (χ2v) is 8.51. The normalized spacial score (nSPS) is 14.9. The third kappa shape index (κ3) is 4.75. The first-order chi connectivity index (χ1) is 15.1. The summed E-state index contributed by atoms with van der Waals surface area (Å²) in [6.45, 7) is 9.77. The average Bonchev–Trinajstić information content (AvgIpc) is 3.23. The van der Waals surface area contributed by atoms with Crippen molar-refractivity contribution in [1.82, 2.24) is 20.2 Å². The fourth-order valence-corrected chi connectivity index (χ4v) is 4.00. The molecule has 1 saturated heterocycles. The van der Waals surface area contributed by atoms with Gasteiger partial charge in [0.05, 0.1) is 7.11 Å². The highest BCUT2D eigenvalue weighted by molar-refractivity contribution is 5.80. The molecule has 0 spiro atoms. The number of nitrogens with one attached hydrogen (secondary N) is 2. The maximum atomic E-state index is 9.70. The summed E-state index contributed by atoms with van der Waals surface area (Å²) >= 11 is 0. The van der Waals surface area contributed by atoms with E-state index in [0.717, 1.165) is 74.0 Å². The lowest BCUT2D eigenvalue weighted by Crippen LogP contribution is -3.13. The lowest BCUT2D eigenvalue weighted by Gasteiger charge is -2.28. The maximum Gasteiger partial charge on any atom is 0.293 e. The zero-order valence-corrected chi connectivity index (χ0v) is 18.4. The van der Waals surface area contributed by atoms with Gasteiger partial charge in [0.2, 0.25) is 5.82 Å². The monoisotopic (exact) mass is 422 g/mol. The predicted octanol–water partition coefficient (Wildman–Crippen LogP) is 0.472. The number of methoxy groups -OCH3 is 1. The Balaban J connectivity index is 1.45. The summed E-state index contributed by atoms with van der Waals surface area (Å²) in [5.74, 6) is 3.25. The number of quaternary nitrogens is 1.